The highest BCUT2D eigenvalue weighted by Crippen LogP contribution is 2.26. The van der Waals surface area contributed by atoms with E-state index < -0.39 is 0 Å². The van der Waals surface area contributed by atoms with Gasteiger partial charge in [-0.2, -0.15) is 0 Å². The van der Waals surface area contributed by atoms with Gasteiger partial charge in [0.05, 0.1) is 6.61 Å². The fraction of sp³-hybridized carbons (Fsp3) is 1.00. The smallest absolute Gasteiger partial charge is 0.0556 e. The molecular formula is C10H21NO2. The van der Waals surface area contributed by atoms with Crippen molar-refractivity contribution < 1.29 is 9.84 Å². The first-order chi connectivity index (χ1) is 6.17. The molecular weight excluding hydrogens is 166 g/mol. The number of aliphatic hydroxyl groups excluding tert-OH is 1. The lowest BCUT2D eigenvalue weighted by atomic mass is 9.82. The first-order valence-electron chi connectivity index (χ1n) is 5.10. The van der Waals surface area contributed by atoms with E-state index in [9.17, 15) is 0 Å². The molecule has 0 atom stereocenters. The lowest BCUT2D eigenvalue weighted by Gasteiger charge is -2.37. The van der Waals surface area contributed by atoms with Crippen LogP contribution in [0.3, 0.4) is 0 Å². The molecule has 1 fully saturated rings. The van der Waals surface area contributed by atoms with Gasteiger partial charge in [-0.05, 0) is 32.6 Å². The lowest BCUT2D eigenvalue weighted by Crippen LogP contribution is -2.48. The number of nitrogens with one attached hydrogen (secondary N) is 1. The average molecular weight is 187 g/mol. The summed E-state index contributed by atoms with van der Waals surface area (Å²) in [7, 11) is 0. The Bertz CT molecular complexity index is 142. The minimum absolute atomic E-state index is 0.131. The molecule has 13 heavy (non-hydrogen) atoms. The maximum atomic E-state index is 8.74. The van der Waals surface area contributed by atoms with Crippen LogP contribution in [0.4, 0.5) is 0 Å². The van der Waals surface area contributed by atoms with Crippen molar-refractivity contribution >= 4 is 0 Å². The fourth-order valence-electron chi connectivity index (χ4n) is 1.94. The Morgan fingerprint density at radius 2 is 2.00 bits per heavy atom. The Balaban J connectivity index is 2.36. The van der Waals surface area contributed by atoms with Crippen molar-refractivity contribution in [2.75, 3.05) is 26.4 Å². The van der Waals surface area contributed by atoms with Crippen LogP contribution < -0.4 is 5.32 Å². The quantitative estimate of drug-likeness (QED) is 0.683. The van der Waals surface area contributed by atoms with E-state index in [1.165, 1.54) is 0 Å². The lowest BCUT2D eigenvalue weighted by molar-refractivity contribution is 0.0360. The second-order valence-corrected chi connectivity index (χ2v) is 4.26. The Labute approximate surface area is 80.5 Å². The van der Waals surface area contributed by atoms with Crippen LogP contribution in [0.1, 0.15) is 26.7 Å². The molecule has 1 aliphatic rings. The van der Waals surface area contributed by atoms with E-state index in [4.69, 9.17) is 9.84 Å². The van der Waals surface area contributed by atoms with Gasteiger partial charge in [0, 0.05) is 25.3 Å². The summed E-state index contributed by atoms with van der Waals surface area (Å²) in [6, 6.07) is 0. The molecule has 1 heterocycles. The van der Waals surface area contributed by atoms with Gasteiger partial charge >= 0.3 is 0 Å². The molecule has 0 bridgehead atoms. The first kappa shape index (κ1) is 11.0. The van der Waals surface area contributed by atoms with E-state index in [1.807, 2.05) is 0 Å². The van der Waals surface area contributed by atoms with Crippen molar-refractivity contribution in [2.45, 2.75) is 32.2 Å². The van der Waals surface area contributed by atoms with Gasteiger partial charge in [0.2, 0.25) is 0 Å². The van der Waals surface area contributed by atoms with Gasteiger partial charge < -0.3 is 15.2 Å². The van der Waals surface area contributed by atoms with E-state index in [1.54, 1.807) is 0 Å². The third-order valence-electron chi connectivity index (χ3n) is 2.93. The highest BCUT2D eigenvalue weighted by Gasteiger charge is 2.29. The number of hydrogen-bond donors (Lipinski definition) is 2. The standard InChI is InChI=1S/C10H21NO2/c1-10(2,11-5-6-12)9-3-7-13-8-4-9/h9,11-12H,3-8H2,1-2H3. The number of aliphatic hydroxyl groups is 1. The Morgan fingerprint density at radius 1 is 1.38 bits per heavy atom. The van der Waals surface area contributed by atoms with Gasteiger partial charge in [-0.25, -0.2) is 0 Å². The maximum Gasteiger partial charge on any atom is 0.0556 e. The van der Waals surface area contributed by atoms with Crippen LogP contribution in [-0.2, 0) is 4.74 Å². The molecule has 0 saturated carbocycles. The molecule has 2 N–H and O–H groups in total. The van der Waals surface area contributed by atoms with Crippen molar-refractivity contribution in [3.05, 3.63) is 0 Å². The van der Waals surface area contributed by atoms with Crippen molar-refractivity contribution in [3.8, 4) is 0 Å². The SMILES string of the molecule is CC(C)(NCCO)C1CCOCC1. The topological polar surface area (TPSA) is 41.5 Å². The summed E-state index contributed by atoms with van der Waals surface area (Å²) in [5, 5.41) is 12.1. The molecule has 0 aliphatic carbocycles. The van der Waals surface area contributed by atoms with E-state index in [0.29, 0.717) is 12.5 Å². The molecule has 0 amide bonds. The first-order valence-corrected chi connectivity index (χ1v) is 5.10. The molecule has 78 valence electrons. The van der Waals surface area contributed by atoms with E-state index in [2.05, 4.69) is 19.2 Å². The number of β-amino-alcohol motifs (C(OH)–C–C–N with tert-alkyl or cyclic N) is 1. The van der Waals surface area contributed by atoms with Crippen LogP contribution in [0.15, 0.2) is 0 Å². The molecule has 1 aliphatic heterocycles. The molecule has 3 heteroatoms. The maximum absolute atomic E-state index is 8.74. The molecule has 0 aromatic rings. The zero-order chi connectivity index (χ0) is 9.73. The summed E-state index contributed by atoms with van der Waals surface area (Å²) in [5.74, 6) is 0.674. The van der Waals surface area contributed by atoms with Gasteiger partial charge in [0.1, 0.15) is 0 Å². The summed E-state index contributed by atoms with van der Waals surface area (Å²) in [6.07, 6.45) is 2.26. The highest BCUT2D eigenvalue weighted by molar-refractivity contribution is 4.87. The summed E-state index contributed by atoms with van der Waals surface area (Å²) in [4.78, 5) is 0. The van der Waals surface area contributed by atoms with Crippen LogP contribution in [0, 0.1) is 5.92 Å². The third kappa shape index (κ3) is 3.25. The van der Waals surface area contributed by atoms with Crippen molar-refractivity contribution in [2.24, 2.45) is 5.92 Å². The minimum atomic E-state index is 0.131. The monoisotopic (exact) mass is 187 g/mol. The summed E-state index contributed by atoms with van der Waals surface area (Å²) < 4.78 is 5.32. The second-order valence-electron chi connectivity index (χ2n) is 4.26. The summed E-state index contributed by atoms with van der Waals surface area (Å²) in [6.45, 7) is 7.08. The van der Waals surface area contributed by atoms with E-state index in [-0.39, 0.29) is 12.1 Å². The Morgan fingerprint density at radius 3 is 2.54 bits per heavy atom. The molecule has 3 nitrogen and oxygen atoms in total. The van der Waals surface area contributed by atoms with Crippen LogP contribution in [0.25, 0.3) is 0 Å². The molecule has 1 rings (SSSR count). The zero-order valence-electron chi connectivity index (χ0n) is 8.68. The van der Waals surface area contributed by atoms with Crippen molar-refractivity contribution in [3.63, 3.8) is 0 Å². The predicted molar refractivity (Wildman–Crippen MR) is 52.7 cm³/mol. The Hall–Kier alpha value is -0.120. The van der Waals surface area contributed by atoms with Gasteiger partial charge in [0.15, 0.2) is 0 Å². The van der Waals surface area contributed by atoms with Crippen molar-refractivity contribution in [1.29, 1.82) is 0 Å². The number of ether oxygens (including phenoxy) is 1. The molecule has 1 saturated heterocycles. The molecule has 0 aromatic carbocycles. The Kier molecular flexibility index (Phi) is 4.16. The fourth-order valence-corrected chi connectivity index (χ4v) is 1.94. The van der Waals surface area contributed by atoms with Crippen LogP contribution in [0.5, 0.6) is 0 Å². The third-order valence-corrected chi connectivity index (χ3v) is 2.93. The minimum Gasteiger partial charge on any atom is -0.395 e. The molecule has 0 radical (unpaired) electrons. The van der Waals surface area contributed by atoms with Crippen LogP contribution in [0.2, 0.25) is 0 Å². The largest absolute Gasteiger partial charge is 0.395 e. The van der Waals surface area contributed by atoms with Gasteiger partial charge in [-0.15, -0.1) is 0 Å². The normalized spacial score (nSPS) is 20.5. The van der Waals surface area contributed by atoms with Crippen LogP contribution >= 0.6 is 0 Å². The van der Waals surface area contributed by atoms with Gasteiger partial charge in [0.25, 0.3) is 0 Å². The van der Waals surface area contributed by atoms with Crippen LogP contribution in [-0.4, -0.2) is 37.0 Å². The highest BCUT2D eigenvalue weighted by atomic mass is 16.5. The van der Waals surface area contributed by atoms with E-state index in [0.717, 1.165) is 26.1 Å². The zero-order valence-corrected chi connectivity index (χ0v) is 8.68. The predicted octanol–water partition coefficient (Wildman–Crippen LogP) is 0.773. The average Bonchev–Trinajstić information content (AvgIpc) is 2.16. The number of hydrogen-bond acceptors (Lipinski definition) is 3. The van der Waals surface area contributed by atoms with Gasteiger partial charge in [-0.3, -0.25) is 0 Å². The molecule has 0 spiro atoms. The summed E-state index contributed by atoms with van der Waals surface area (Å²) in [5.41, 5.74) is 0.131. The van der Waals surface area contributed by atoms with Crippen molar-refractivity contribution in [1.82, 2.24) is 5.32 Å². The van der Waals surface area contributed by atoms with Gasteiger partial charge in [-0.1, -0.05) is 0 Å². The molecule has 0 unspecified atom stereocenters. The second kappa shape index (κ2) is 4.94. The number of rotatable bonds is 4. The summed E-state index contributed by atoms with van der Waals surface area (Å²) >= 11 is 0. The molecule has 0 aromatic heterocycles. The van der Waals surface area contributed by atoms with E-state index >= 15 is 0 Å².